The van der Waals surface area contributed by atoms with Gasteiger partial charge in [0.1, 0.15) is 17.6 Å². The van der Waals surface area contributed by atoms with Gasteiger partial charge in [-0.15, -0.1) is 0 Å². The van der Waals surface area contributed by atoms with Crippen LogP contribution in [0.15, 0.2) is 75.7 Å². The standard InChI is InChI=1S/C30H22F3N3O5/c1-15-3-6-17(7-4-15)29-35-27(36-41-29)20-10-9-19(25(32)26(20)33)14-22(30(38)39)34-28(37)24-12-11-23(40-24)18-8-5-16(2)21(31)13-18/h3-13,22H,14H2,1-2H3,(H,34,37)(H,38,39). The quantitative estimate of drug-likeness (QED) is 0.234. The van der Waals surface area contributed by atoms with Gasteiger partial charge in [-0.25, -0.2) is 18.0 Å². The lowest BCUT2D eigenvalue weighted by molar-refractivity contribution is -0.139. The average molecular weight is 562 g/mol. The first kappa shape index (κ1) is 27.4. The second kappa shape index (κ2) is 11.1. The fourth-order valence-corrected chi connectivity index (χ4v) is 4.08. The molecule has 2 aromatic heterocycles. The van der Waals surface area contributed by atoms with Gasteiger partial charge < -0.3 is 19.4 Å². The van der Waals surface area contributed by atoms with Crippen molar-refractivity contribution >= 4 is 11.9 Å². The molecule has 1 unspecified atom stereocenters. The Kier molecular flexibility index (Phi) is 7.43. The molecule has 0 aliphatic carbocycles. The Morgan fingerprint density at radius 3 is 2.37 bits per heavy atom. The average Bonchev–Trinajstić information content (AvgIpc) is 3.64. The molecule has 0 bridgehead atoms. The summed E-state index contributed by atoms with van der Waals surface area (Å²) in [5, 5.41) is 15.6. The van der Waals surface area contributed by atoms with Gasteiger partial charge in [-0.3, -0.25) is 4.79 Å². The van der Waals surface area contributed by atoms with Crippen molar-refractivity contribution in [2.75, 3.05) is 0 Å². The number of benzene rings is 3. The Morgan fingerprint density at radius 1 is 0.927 bits per heavy atom. The van der Waals surface area contributed by atoms with Crippen LogP contribution in [0.3, 0.4) is 0 Å². The minimum atomic E-state index is -1.62. The van der Waals surface area contributed by atoms with E-state index in [9.17, 15) is 19.1 Å². The second-order valence-corrected chi connectivity index (χ2v) is 9.39. The number of carboxylic acids is 1. The molecular formula is C30H22F3N3O5. The maximum atomic E-state index is 15.0. The summed E-state index contributed by atoms with van der Waals surface area (Å²) < 4.78 is 54.7. The number of carbonyl (C=O) groups is 2. The highest BCUT2D eigenvalue weighted by Gasteiger charge is 2.27. The third kappa shape index (κ3) is 5.74. The van der Waals surface area contributed by atoms with Gasteiger partial charge in [-0.05, 0) is 61.4 Å². The Morgan fingerprint density at radius 2 is 1.66 bits per heavy atom. The molecule has 11 heteroatoms. The number of aliphatic carboxylic acids is 1. The molecule has 0 aliphatic rings. The third-order valence-corrected chi connectivity index (χ3v) is 6.44. The lowest BCUT2D eigenvalue weighted by atomic mass is 10.0. The van der Waals surface area contributed by atoms with Crippen molar-refractivity contribution < 1.29 is 36.8 Å². The normalized spacial score (nSPS) is 11.8. The lowest BCUT2D eigenvalue weighted by Gasteiger charge is -2.15. The number of amides is 1. The number of nitrogens with zero attached hydrogens (tertiary/aromatic N) is 2. The molecule has 1 atom stereocenters. The molecule has 5 aromatic rings. The Hall–Kier alpha value is -5.19. The van der Waals surface area contributed by atoms with Crippen LogP contribution >= 0.6 is 0 Å². The zero-order chi connectivity index (χ0) is 29.3. The van der Waals surface area contributed by atoms with Gasteiger partial charge in [0.2, 0.25) is 5.82 Å². The first-order valence-corrected chi connectivity index (χ1v) is 12.4. The number of halogens is 3. The summed E-state index contributed by atoms with van der Waals surface area (Å²) in [6.45, 7) is 3.51. The summed E-state index contributed by atoms with van der Waals surface area (Å²) in [5.74, 6) is -5.56. The summed E-state index contributed by atoms with van der Waals surface area (Å²) in [7, 11) is 0. The number of aromatic nitrogens is 2. The molecule has 0 spiro atoms. The first-order chi connectivity index (χ1) is 19.6. The molecule has 0 saturated carbocycles. The number of carboxylic acid groups (broad SMARTS) is 1. The van der Waals surface area contributed by atoms with E-state index in [1.165, 1.54) is 30.3 Å². The number of hydrogen-bond donors (Lipinski definition) is 2. The van der Waals surface area contributed by atoms with E-state index in [1.807, 2.05) is 19.1 Å². The minimum Gasteiger partial charge on any atom is -0.480 e. The van der Waals surface area contributed by atoms with Crippen LogP contribution in [0.2, 0.25) is 0 Å². The maximum absolute atomic E-state index is 15.0. The van der Waals surface area contributed by atoms with E-state index in [-0.39, 0.29) is 34.4 Å². The predicted molar refractivity (Wildman–Crippen MR) is 141 cm³/mol. The third-order valence-electron chi connectivity index (χ3n) is 6.44. The van der Waals surface area contributed by atoms with Gasteiger partial charge in [0.15, 0.2) is 17.4 Å². The number of hydrogen-bond acceptors (Lipinski definition) is 6. The van der Waals surface area contributed by atoms with Gasteiger partial charge in [-0.1, -0.05) is 41.1 Å². The van der Waals surface area contributed by atoms with E-state index < -0.39 is 41.8 Å². The molecule has 8 nitrogen and oxygen atoms in total. The van der Waals surface area contributed by atoms with Crippen molar-refractivity contribution in [3.8, 4) is 34.2 Å². The van der Waals surface area contributed by atoms with Crippen LogP contribution in [-0.4, -0.2) is 33.2 Å². The summed E-state index contributed by atoms with van der Waals surface area (Å²) in [4.78, 5) is 28.7. The molecule has 0 saturated heterocycles. The summed E-state index contributed by atoms with van der Waals surface area (Å²) >= 11 is 0. The molecule has 5 rings (SSSR count). The van der Waals surface area contributed by atoms with Crippen LogP contribution < -0.4 is 5.32 Å². The fourth-order valence-electron chi connectivity index (χ4n) is 4.08. The number of rotatable bonds is 8. The number of aryl methyl sites for hydroxylation is 2. The molecule has 41 heavy (non-hydrogen) atoms. The highest BCUT2D eigenvalue weighted by molar-refractivity contribution is 5.94. The van der Waals surface area contributed by atoms with Crippen LogP contribution in [0.5, 0.6) is 0 Å². The van der Waals surface area contributed by atoms with E-state index in [1.54, 1.807) is 31.2 Å². The topological polar surface area (TPSA) is 118 Å². The summed E-state index contributed by atoms with van der Waals surface area (Å²) in [6, 6.07) is 15.1. The molecule has 208 valence electrons. The molecule has 2 N–H and O–H groups in total. The number of furan rings is 1. The van der Waals surface area contributed by atoms with Gasteiger partial charge >= 0.3 is 5.97 Å². The van der Waals surface area contributed by atoms with Crippen LogP contribution in [-0.2, 0) is 11.2 Å². The van der Waals surface area contributed by atoms with Crippen molar-refractivity contribution in [3.63, 3.8) is 0 Å². The van der Waals surface area contributed by atoms with Crippen LogP contribution in [0.4, 0.5) is 13.2 Å². The molecule has 3 aromatic carbocycles. The van der Waals surface area contributed by atoms with Gasteiger partial charge in [0.25, 0.3) is 11.8 Å². The molecule has 0 fully saturated rings. The molecule has 2 heterocycles. The van der Waals surface area contributed by atoms with E-state index in [0.29, 0.717) is 16.7 Å². The van der Waals surface area contributed by atoms with E-state index in [4.69, 9.17) is 8.94 Å². The van der Waals surface area contributed by atoms with E-state index >= 15 is 8.78 Å². The van der Waals surface area contributed by atoms with Crippen molar-refractivity contribution in [2.24, 2.45) is 0 Å². The van der Waals surface area contributed by atoms with Crippen LogP contribution in [0.25, 0.3) is 34.2 Å². The Labute approximate surface area is 231 Å². The highest BCUT2D eigenvalue weighted by Crippen LogP contribution is 2.28. The number of nitrogens with one attached hydrogen (secondary N) is 1. The Bertz CT molecular complexity index is 1760. The largest absolute Gasteiger partial charge is 0.480 e. The number of carbonyl (C=O) groups excluding carboxylic acids is 1. The zero-order valence-corrected chi connectivity index (χ0v) is 21.7. The monoisotopic (exact) mass is 561 g/mol. The maximum Gasteiger partial charge on any atom is 0.326 e. The lowest BCUT2D eigenvalue weighted by Crippen LogP contribution is -2.42. The zero-order valence-electron chi connectivity index (χ0n) is 21.7. The smallest absolute Gasteiger partial charge is 0.326 e. The van der Waals surface area contributed by atoms with E-state index in [0.717, 1.165) is 5.56 Å². The fraction of sp³-hybridized carbons (Fsp3) is 0.133. The Balaban J connectivity index is 1.32. The van der Waals surface area contributed by atoms with Crippen molar-refractivity contribution in [3.05, 3.63) is 107 Å². The van der Waals surface area contributed by atoms with Crippen molar-refractivity contribution in [1.29, 1.82) is 0 Å². The van der Waals surface area contributed by atoms with Gasteiger partial charge in [0.05, 0.1) is 5.56 Å². The predicted octanol–water partition coefficient (Wildman–Crippen LogP) is 6.12. The van der Waals surface area contributed by atoms with Crippen molar-refractivity contribution in [1.82, 2.24) is 15.5 Å². The van der Waals surface area contributed by atoms with Gasteiger partial charge in [0, 0.05) is 17.5 Å². The van der Waals surface area contributed by atoms with Crippen molar-refractivity contribution in [2.45, 2.75) is 26.3 Å². The summed E-state index contributed by atoms with van der Waals surface area (Å²) in [5.41, 5.74) is 1.86. The first-order valence-electron chi connectivity index (χ1n) is 12.4. The van der Waals surface area contributed by atoms with Crippen LogP contribution in [0, 0.1) is 31.3 Å². The second-order valence-electron chi connectivity index (χ2n) is 9.39. The molecule has 1 amide bonds. The van der Waals surface area contributed by atoms with Crippen LogP contribution in [0.1, 0.15) is 27.2 Å². The minimum absolute atomic E-state index is 0.117. The van der Waals surface area contributed by atoms with E-state index in [2.05, 4.69) is 15.5 Å². The molecule has 0 aliphatic heterocycles. The molecular weight excluding hydrogens is 539 g/mol. The van der Waals surface area contributed by atoms with Gasteiger partial charge in [-0.2, -0.15) is 4.98 Å². The molecule has 0 radical (unpaired) electrons. The highest BCUT2D eigenvalue weighted by atomic mass is 19.2. The summed E-state index contributed by atoms with van der Waals surface area (Å²) in [6.07, 6.45) is -0.568. The SMILES string of the molecule is Cc1ccc(-c2nc(-c3ccc(CC(NC(=O)c4ccc(-c5ccc(C)c(F)c5)o4)C(=O)O)c(F)c3F)no2)cc1.